The molecule has 11 heavy (non-hydrogen) atoms. The van der Waals surface area contributed by atoms with Gasteiger partial charge < -0.3 is 10.1 Å². The van der Waals surface area contributed by atoms with Crippen LogP contribution in [0.4, 0.5) is 0 Å². The zero-order chi connectivity index (χ0) is 8.16. The lowest BCUT2D eigenvalue weighted by atomic mass is 9.84. The smallest absolute Gasteiger partial charge is 0.0531 e. The molecule has 0 bridgehead atoms. The van der Waals surface area contributed by atoms with Gasteiger partial charge in [-0.3, -0.25) is 0 Å². The van der Waals surface area contributed by atoms with Crippen molar-refractivity contribution in [2.24, 2.45) is 5.41 Å². The standard InChI is InChI=1S/C9H19NO/c1-3-11-8-9(2)5-4-6-10-7-9/h10H,3-8H2,1-2H3. The van der Waals surface area contributed by atoms with Crippen LogP contribution >= 0.6 is 0 Å². The summed E-state index contributed by atoms with van der Waals surface area (Å²) in [5.74, 6) is 0. The lowest BCUT2D eigenvalue weighted by Crippen LogP contribution is -2.40. The van der Waals surface area contributed by atoms with Gasteiger partial charge in [0.25, 0.3) is 0 Å². The Kier molecular flexibility index (Phi) is 3.34. The van der Waals surface area contributed by atoms with Gasteiger partial charge in [0.05, 0.1) is 6.61 Å². The molecule has 1 saturated heterocycles. The van der Waals surface area contributed by atoms with E-state index < -0.39 is 0 Å². The number of nitrogens with one attached hydrogen (secondary N) is 1. The molecule has 2 nitrogen and oxygen atoms in total. The first-order valence-electron chi connectivity index (χ1n) is 4.55. The Bertz CT molecular complexity index is 108. The first kappa shape index (κ1) is 9.01. The van der Waals surface area contributed by atoms with Crippen molar-refractivity contribution in [2.45, 2.75) is 26.7 Å². The topological polar surface area (TPSA) is 21.3 Å². The molecular weight excluding hydrogens is 138 g/mol. The molecule has 1 unspecified atom stereocenters. The first-order chi connectivity index (χ1) is 5.27. The molecule has 1 N–H and O–H groups in total. The highest BCUT2D eigenvalue weighted by molar-refractivity contribution is 4.80. The summed E-state index contributed by atoms with van der Waals surface area (Å²) in [6.07, 6.45) is 2.60. The van der Waals surface area contributed by atoms with E-state index in [0.717, 1.165) is 19.8 Å². The summed E-state index contributed by atoms with van der Waals surface area (Å²) in [6.45, 7) is 8.41. The van der Waals surface area contributed by atoms with E-state index in [9.17, 15) is 0 Å². The molecule has 0 spiro atoms. The molecule has 0 aromatic rings. The Balaban J connectivity index is 2.25. The van der Waals surface area contributed by atoms with Crippen LogP contribution in [-0.2, 0) is 4.74 Å². The Hall–Kier alpha value is -0.0800. The SMILES string of the molecule is CCOCC1(C)CCCNC1. The quantitative estimate of drug-likeness (QED) is 0.669. The average molecular weight is 157 g/mol. The third kappa shape index (κ3) is 2.80. The summed E-state index contributed by atoms with van der Waals surface area (Å²) in [5, 5.41) is 3.40. The summed E-state index contributed by atoms with van der Waals surface area (Å²) < 4.78 is 5.44. The second-order valence-electron chi connectivity index (χ2n) is 3.73. The predicted molar refractivity (Wildman–Crippen MR) is 46.7 cm³/mol. The zero-order valence-corrected chi connectivity index (χ0v) is 7.65. The van der Waals surface area contributed by atoms with Crippen LogP contribution in [0.2, 0.25) is 0 Å². The molecule has 1 aliphatic heterocycles. The van der Waals surface area contributed by atoms with Gasteiger partial charge in [-0.05, 0) is 26.3 Å². The van der Waals surface area contributed by atoms with Crippen LogP contribution in [0, 0.1) is 5.41 Å². The highest BCUT2D eigenvalue weighted by atomic mass is 16.5. The fraction of sp³-hybridized carbons (Fsp3) is 1.00. The van der Waals surface area contributed by atoms with Crippen molar-refractivity contribution in [2.75, 3.05) is 26.3 Å². The van der Waals surface area contributed by atoms with Gasteiger partial charge in [0.1, 0.15) is 0 Å². The van der Waals surface area contributed by atoms with Gasteiger partial charge >= 0.3 is 0 Å². The Morgan fingerprint density at radius 3 is 2.91 bits per heavy atom. The van der Waals surface area contributed by atoms with E-state index in [1.807, 2.05) is 0 Å². The van der Waals surface area contributed by atoms with Crippen molar-refractivity contribution in [3.63, 3.8) is 0 Å². The number of hydrogen-bond donors (Lipinski definition) is 1. The molecule has 1 rings (SSSR count). The maximum Gasteiger partial charge on any atom is 0.0531 e. The summed E-state index contributed by atoms with van der Waals surface area (Å²) in [7, 11) is 0. The lowest BCUT2D eigenvalue weighted by molar-refractivity contribution is 0.0458. The lowest BCUT2D eigenvalue weighted by Gasteiger charge is -2.33. The van der Waals surface area contributed by atoms with Gasteiger partial charge in [-0.15, -0.1) is 0 Å². The van der Waals surface area contributed by atoms with Crippen molar-refractivity contribution < 1.29 is 4.74 Å². The van der Waals surface area contributed by atoms with Crippen LogP contribution in [-0.4, -0.2) is 26.3 Å². The highest BCUT2D eigenvalue weighted by Gasteiger charge is 2.26. The van der Waals surface area contributed by atoms with Crippen molar-refractivity contribution >= 4 is 0 Å². The second-order valence-corrected chi connectivity index (χ2v) is 3.73. The molecule has 0 aliphatic carbocycles. The highest BCUT2D eigenvalue weighted by Crippen LogP contribution is 2.25. The summed E-state index contributed by atoms with van der Waals surface area (Å²) >= 11 is 0. The van der Waals surface area contributed by atoms with E-state index in [1.54, 1.807) is 0 Å². The summed E-state index contributed by atoms with van der Waals surface area (Å²) in [5.41, 5.74) is 0.397. The minimum absolute atomic E-state index is 0.397. The van der Waals surface area contributed by atoms with E-state index in [2.05, 4.69) is 19.2 Å². The van der Waals surface area contributed by atoms with Gasteiger partial charge in [0.2, 0.25) is 0 Å². The fourth-order valence-corrected chi connectivity index (χ4v) is 1.59. The molecule has 0 amide bonds. The average Bonchev–Trinajstić information content (AvgIpc) is 2.03. The van der Waals surface area contributed by atoms with Gasteiger partial charge in [0, 0.05) is 18.6 Å². The molecule has 2 heteroatoms. The zero-order valence-electron chi connectivity index (χ0n) is 7.65. The molecule has 1 aliphatic rings. The molecule has 66 valence electrons. The monoisotopic (exact) mass is 157 g/mol. The molecule has 0 radical (unpaired) electrons. The minimum atomic E-state index is 0.397. The van der Waals surface area contributed by atoms with E-state index in [-0.39, 0.29) is 0 Å². The van der Waals surface area contributed by atoms with Crippen LogP contribution in [0.1, 0.15) is 26.7 Å². The minimum Gasteiger partial charge on any atom is -0.381 e. The number of piperidine rings is 1. The number of ether oxygens (including phenoxy) is 1. The van der Waals surface area contributed by atoms with Gasteiger partial charge in [0.15, 0.2) is 0 Å². The molecule has 0 aromatic heterocycles. The molecule has 0 aromatic carbocycles. The van der Waals surface area contributed by atoms with Crippen LogP contribution in [0.3, 0.4) is 0 Å². The van der Waals surface area contributed by atoms with Crippen molar-refractivity contribution in [1.82, 2.24) is 5.32 Å². The van der Waals surface area contributed by atoms with Gasteiger partial charge in [-0.2, -0.15) is 0 Å². The Morgan fingerprint density at radius 1 is 1.55 bits per heavy atom. The summed E-state index contributed by atoms with van der Waals surface area (Å²) in [4.78, 5) is 0. The van der Waals surface area contributed by atoms with Crippen LogP contribution in [0.5, 0.6) is 0 Å². The van der Waals surface area contributed by atoms with Crippen molar-refractivity contribution in [3.8, 4) is 0 Å². The van der Waals surface area contributed by atoms with E-state index >= 15 is 0 Å². The maximum absolute atomic E-state index is 5.44. The van der Waals surface area contributed by atoms with Crippen LogP contribution in [0.25, 0.3) is 0 Å². The van der Waals surface area contributed by atoms with Gasteiger partial charge in [-0.1, -0.05) is 6.92 Å². The molecule has 1 heterocycles. The maximum atomic E-state index is 5.44. The Labute approximate surface area is 69.3 Å². The second kappa shape index (κ2) is 4.07. The third-order valence-electron chi connectivity index (χ3n) is 2.34. The molecule has 1 fully saturated rings. The van der Waals surface area contributed by atoms with Gasteiger partial charge in [-0.25, -0.2) is 0 Å². The fourth-order valence-electron chi connectivity index (χ4n) is 1.59. The summed E-state index contributed by atoms with van der Waals surface area (Å²) in [6, 6.07) is 0. The van der Waals surface area contributed by atoms with Crippen molar-refractivity contribution in [1.29, 1.82) is 0 Å². The third-order valence-corrected chi connectivity index (χ3v) is 2.34. The van der Waals surface area contributed by atoms with Crippen molar-refractivity contribution in [3.05, 3.63) is 0 Å². The molecular formula is C9H19NO. The largest absolute Gasteiger partial charge is 0.381 e. The molecule has 1 atom stereocenters. The van der Waals surface area contributed by atoms with E-state index in [1.165, 1.54) is 19.4 Å². The Morgan fingerprint density at radius 2 is 2.36 bits per heavy atom. The normalized spacial score (nSPS) is 32.2. The molecule has 0 saturated carbocycles. The van der Waals surface area contributed by atoms with E-state index in [0.29, 0.717) is 5.41 Å². The van der Waals surface area contributed by atoms with Crippen LogP contribution < -0.4 is 5.32 Å². The number of hydrogen-bond acceptors (Lipinski definition) is 2. The number of rotatable bonds is 3. The first-order valence-corrected chi connectivity index (χ1v) is 4.55. The van der Waals surface area contributed by atoms with Crippen LogP contribution in [0.15, 0.2) is 0 Å². The predicted octanol–water partition coefficient (Wildman–Crippen LogP) is 1.41. The van der Waals surface area contributed by atoms with E-state index in [4.69, 9.17) is 4.74 Å².